The Morgan fingerprint density at radius 1 is 1.38 bits per heavy atom. The molecule has 0 amide bonds. The monoisotopic (exact) mass is 244 g/mol. The Bertz CT molecular complexity index is 204. The van der Waals surface area contributed by atoms with Crippen LogP contribution in [0, 0.1) is 5.41 Å². The number of thioether (sulfide) groups is 1. The minimum absolute atomic E-state index is 0.366. The van der Waals surface area contributed by atoms with Gasteiger partial charge in [0.25, 0.3) is 0 Å². The molecule has 0 aromatic rings. The molecule has 1 aliphatic heterocycles. The van der Waals surface area contributed by atoms with E-state index in [9.17, 15) is 0 Å². The van der Waals surface area contributed by atoms with E-state index in [4.69, 9.17) is 0 Å². The van der Waals surface area contributed by atoms with Crippen LogP contribution in [-0.2, 0) is 0 Å². The van der Waals surface area contributed by atoms with Crippen LogP contribution in [0.2, 0.25) is 0 Å². The zero-order valence-electron chi connectivity index (χ0n) is 11.5. The minimum Gasteiger partial charge on any atom is -0.312 e. The normalized spacial score (nSPS) is 27.4. The fourth-order valence-electron chi connectivity index (χ4n) is 2.51. The molecule has 0 spiro atoms. The molecule has 2 nitrogen and oxygen atoms in total. The van der Waals surface area contributed by atoms with Crippen molar-refractivity contribution in [1.82, 2.24) is 10.2 Å². The van der Waals surface area contributed by atoms with Gasteiger partial charge in [0.15, 0.2) is 0 Å². The standard InChI is InChI=1S/C13H28N2S/c1-11-12(7-6-8-16-11)14-9-13(2,3)10-15(4)5/h11-12,14H,6-10H2,1-5H3. The Morgan fingerprint density at radius 3 is 2.62 bits per heavy atom. The number of rotatable bonds is 5. The first kappa shape index (κ1) is 14.3. The third-order valence-corrected chi connectivity index (χ3v) is 4.57. The van der Waals surface area contributed by atoms with Gasteiger partial charge in [0.2, 0.25) is 0 Å². The van der Waals surface area contributed by atoms with E-state index in [0.717, 1.165) is 24.4 Å². The van der Waals surface area contributed by atoms with Gasteiger partial charge in [-0.05, 0) is 38.1 Å². The molecule has 3 heteroatoms. The largest absolute Gasteiger partial charge is 0.312 e. The second-order valence-electron chi connectivity index (χ2n) is 6.11. The Balaban J connectivity index is 2.31. The average Bonchev–Trinajstić information content (AvgIpc) is 2.14. The highest BCUT2D eigenvalue weighted by atomic mass is 32.2. The van der Waals surface area contributed by atoms with Crippen molar-refractivity contribution < 1.29 is 0 Å². The third-order valence-electron chi connectivity index (χ3n) is 3.19. The van der Waals surface area contributed by atoms with E-state index in [1.54, 1.807) is 0 Å². The highest BCUT2D eigenvalue weighted by Gasteiger charge is 2.25. The molecule has 0 aromatic heterocycles. The Morgan fingerprint density at radius 2 is 2.06 bits per heavy atom. The topological polar surface area (TPSA) is 15.3 Å². The van der Waals surface area contributed by atoms with Crippen molar-refractivity contribution in [2.75, 3.05) is 32.9 Å². The van der Waals surface area contributed by atoms with Crippen LogP contribution in [0.5, 0.6) is 0 Å². The van der Waals surface area contributed by atoms with Gasteiger partial charge in [-0.15, -0.1) is 0 Å². The van der Waals surface area contributed by atoms with Crippen molar-refractivity contribution in [3.05, 3.63) is 0 Å². The maximum Gasteiger partial charge on any atom is 0.0184 e. The lowest BCUT2D eigenvalue weighted by atomic mass is 9.92. The quantitative estimate of drug-likeness (QED) is 0.800. The van der Waals surface area contributed by atoms with Crippen molar-refractivity contribution in [1.29, 1.82) is 0 Å². The lowest BCUT2D eigenvalue weighted by molar-refractivity contribution is 0.222. The molecule has 16 heavy (non-hydrogen) atoms. The summed E-state index contributed by atoms with van der Waals surface area (Å²) in [5.74, 6) is 1.35. The van der Waals surface area contributed by atoms with Crippen molar-refractivity contribution in [2.24, 2.45) is 5.41 Å². The van der Waals surface area contributed by atoms with Gasteiger partial charge in [-0.1, -0.05) is 20.8 Å². The second-order valence-corrected chi connectivity index (χ2v) is 7.59. The van der Waals surface area contributed by atoms with E-state index in [1.165, 1.54) is 18.6 Å². The highest BCUT2D eigenvalue weighted by Crippen LogP contribution is 2.26. The van der Waals surface area contributed by atoms with Crippen LogP contribution < -0.4 is 5.32 Å². The van der Waals surface area contributed by atoms with Crippen LogP contribution in [0.25, 0.3) is 0 Å². The summed E-state index contributed by atoms with van der Waals surface area (Å²) in [4.78, 5) is 2.28. The van der Waals surface area contributed by atoms with E-state index in [2.05, 4.69) is 56.8 Å². The predicted octanol–water partition coefficient (Wildman–Crippen LogP) is 2.45. The minimum atomic E-state index is 0.366. The summed E-state index contributed by atoms with van der Waals surface area (Å²) < 4.78 is 0. The van der Waals surface area contributed by atoms with Crippen LogP contribution in [0.4, 0.5) is 0 Å². The third kappa shape index (κ3) is 5.07. The Hall–Kier alpha value is 0.270. The summed E-state index contributed by atoms with van der Waals surface area (Å²) in [6.45, 7) is 9.33. The van der Waals surface area contributed by atoms with E-state index < -0.39 is 0 Å². The van der Waals surface area contributed by atoms with E-state index >= 15 is 0 Å². The molecule has 1 fully saturated rings. The predicted molar refractivity (Wildman–Crippen MR) is 75.3 cm³/mol. The van der Waals surface area contributed by atoms with Gasteiger partial charge < -0.3 is 10.2 Å². The highest BCUT2D eigenvalue weighted by molar-refractivity contribution is 7.99. The first-order chi connectivity index (χ1) is 7.41. The smallest absolute Gasteiger partial charge is 0.0184 e. The van der Waals surface area contributed by atoms with Gasteiger partial charge >= 0.3 is 0 Å². The van der Waals surface area contributed by atoms with Gasteiger partial charge in [0, 0.05) is 24.4 Å². The van der Waals surface area contributed by atoms with Crippen LogP contribution in [0.3, 0.4) is 0 Å². The molecule has 1 rings (SSSR count). The number of hydrogen-bond acceptors (Lipinski definition) is 3. The van der Waals surface area contributed by atoms with E-state index in [-0.39, 0.29) is 0 Å². The summed E-state index contributed by atoms with van der Waals surface area (Å²) in [5, 5.41) is 4.55. The molecule has 1 N–H and O–H groups in total. The average molecular weight is 244 g/mol. The second kappa shape index (κ2) is 6.27. The zero-order valence-corrected chi connectivity index (χ0v) is 12.4. The fraction of sp³-hybridized carbons (Fsp3) is 1.00. The molecule has 2 atom stereocenters. The number of nitrogens with zero attached hydrogens (tertiary/aromatic N) is 1. The van der Waals surface area contributed by atoms with Crippen LogP contribution >= 0.6 is 11.8 Å². The molecule has 0 aromatic carbocycles. The molecule has 96 valence electrons. The Labute approximate surface area is 106 Å². The maximum absolute atomic E-state index is 3.77. The molecule has 0 aliphatic carbocycles. The van der Waals surface area contributed by atoms with Gasteiger partial charge in [0.1, 0.15) is 0 Å². The van der Waals surface area contributed by atoms with Crippen LogP contribution in [-0.4, -0.2) is 49.1 Å². The Kier molecular flexibility index (Phi) is 5.62. The van der Waals surface area contributed by atoms with E-state index in [0.29, 0.717) is 5.41 Å². The van der Waals surface area contributed by atoms with Gasteiger partial charge in [-0.25, -0.2) is 0 Å². The van der Waals surface area contributed by atoms with Crippen LogP contribution in [0.15, 0.2) is 0 Å². The van der Waals surface area contributed by atoms with Crippen molar-refractivity contribution in [3.63, 3.8) is 0 Å². The lowest BCUT2D eigenvalue weighted by Gasteiger charge is -2.34. The molecular formula is C13H28N2S. The zero-order chi connectivity index (χ0) is 12.2. The van der Waals surface area contributed by atoms with Crippen molar-refractivity contribution >= 4 is 11.8 Å². The summed E-state index contributed by atoms with van der Waals surface area (Å²) in [6, 6.07) is 0.722. The summed E-state index contributed by atoms with van der Waals surface area (Å²) in [5.41, 5.74) is 0.366. The summed E-state index contributed by atoms with van der Waals surface area (Å²) in [6.07, 6.45) is 2.73. The summed E-state index contributed by atoms with van der Waals surface area (Å²) >= 11 is 2.12. The molecule has 1 heterocycles. The number of hydrogen-bond donors (Lipinski definition) is 1. The molecular weight excluding hydrogens is 216 g/mol. The lowest BCUT2D eigenvalue weighted by Crippen LogP contribution is -2.46. The van der Waals surface area contributed by atoms with E-state index in [1.807, 2.05) is 0 Å². The van der Waals surface area contributed by atoms with Crippen molar-refractivity contribution in [3.8, 4) is 0 Å². The number of nitrogens with one attached hydrogen (secondary N) is 1. The summed E-state index contributed by atoms with van der Waals surface area (Å²) in [7, 11) is 4.31. The first-order valence-corrected chi connectivity index (χ1v) is 7.45. The molecule has 1 aliphatic rings. The first-order valence-electron chi connectivity index (χ1n) is 6.40. The van der Waals surface area contributed by atoms with Crippen molar-refractivity contribution in [2.45, 2.75) is 44.9 Å². The van der Waals surface area contributed by atoms with Gasteiger partial charge in [-0.2, -0.15) is 11.8 Å². The molecule has 0 bridgehead atoms. The van der Waals surface area contributed by atoms with Crippen LogP contribution in [0.1, 0.15) is 33.6 Å². The maximum atomic E-state index is 3.77. The van der Waals surface area contributed by atoms with Gasteiger partial charge in [0.05, 0.1) is 0 Å². The molecule has 1 saturated heterocycles. The van der Waals surface area contributed by atoms with Gasteiger partial charge in [-0.3, -0.25) is 0 Å². The molecule has 0 radical (unpaired) electrons. The SMILES string of the molecule is CC1SCCCC1NCC(C)(C)CN(C)C. The molecule has 0 saturated carbocycles. The fourth-order valence-corrected chi connectivity index (χ4v) is 3.68. The molecule has 2 unspecified atom stereocenters.